The first-order valence-electron chi connectivity index (χ1n) is 9.13. The lowest BCUT2D eigenvalue weighted by atomic mass is 10.00. The van der Waals surface area contributed by atoms with Crippen LogP contribution in [0.1, 0.15) is 48.0 Å². The van der Waals surface area contributed by atoms with E-state index in [1.165, 1.54) is 6.92 Å². The lowest BCUT2D eigenvalue weighted by molar-refractivity contribution is -0.143. The number of nitrogens with one attached hydrogen (secondary N) is 3. The Morgan fingerprint density at radius 3 is 1.55 bits per heavy atom. The first-order valence-corrected chi connectivity index (χ1v) is 9.13. The molecule has 0 radical (unpaired) electrons. The summed E-state index contributed by atoms with van der Waals surface area (Å²) in [6.45, 7) is 8.68. The summed E-state index contributed by atoms with van der Waals surface area (Å²) in [6.07, 6.45) is 0.278. The van der Waals surface area contributed by atoms with Crippen LogP contribution in [0.25, 0.3) is 0 Å². The Kier molecular flexibility index (Phi) is 14.1. The van der Waals surface area contributed by atoms with E-state index < -0.39 is 54.4 Å². The molecule has 0 aliphatic heterocycles. The topological polar surface area (TPSA) is 182 Å². The second-order valence-corrected chi connectivity index (χ2v) is 7.21. The smallest absolute Gasteiger partial charge is 0.326 e. The Bertz CT molecular complexity index is 573. The lowest BCUT2D eigenvalue weighted by Gasteiger charge is -2.25. The van der Waals surface area contributed by atoms with Crippen molar-refractivity contribution in [1.82, 2.24) is 16.0 Å². The molecule has 0 bridgehead atoms. The van der Waals surface area contributed by atoms with E-state index in [4.69, 9.17) is 9.90 Å². The Morgan fingerprint density at radius 2 is 1.24 bits per heavy atom. The molecule has 0 heterocycles. The number of hydrogen-bond acceptors (Lipinski definition) is 6. The van der Waals surface area contributed by atoms with Gasteiger partial charge in [0.25, 0.3) is 5.97 Å². The maximum atomic E-state index is 12.4. The fourth-order valence-electron chi connectivity index (χ4n) is 2.18. The van der Waals surface area contributed by atoms with Gasteiger partial charge in [0.05, 0.1) is 6.61 Å². The van der Waals surface area contributed by atoms with Crippen molar-refractivity contribution in [3.63, 3.8) is 0 Å². The average molecular weight is 419 g/mol. The van der Waals surface area contributed by atoms with E-state index in [0.29, 0.717) is 0 Å². The monoisotopic (exact) mass is 419 g/mol. The Labute approximate surface area is 170 Å². The summed E-state index contributed by atoms with van der Waals surface area (Å²) in [7, 11) is 0. The van der Waals surface area contributed by atoms with Crippen LogP contribution in [0, 0.1) is 11.8 Å². The molecule has 0 saturated carbocycles. The van der Waals surface area contributed by atoms with Crippen LogP contribution in [0.4, 0.5) is 0 Å². The van der Waals surface area contributed by atoms with Gasteiger partial charge in [0.1, 0.15) is 18.1 Å². The summed E-state index contributed by atoms with van der Waals surface area (Å²) in [5, 5.41) is 33.0. The van der Waals surface area contributed by atoms with Crippen LogP contribution >= 0.6 is 0 Å². The van der Waals surface area contributed by atoms with Gasteiger partial charge in [-0.1, -0.05) is 27.7 Å². The van der Waals surface area contributed by atoms with Crippen molar-refractivity contribution in [3.8, 4) is 0 Å². The number of carboxylic acids is 2. The van der Waals surface area contributed by atoms with Gasteiger partial charge in [0.2, 0.25) is 17.7 Å². The molecule has 0 aliphatic rings. The standard InChI is InChI=1S/C16H29N3O6.C2H4O2/c1-8(2)6-11(14(22)19-13(9(3)4)16(24)25)18-15(23)12(7-20)17-10(5)21;1-2(3)4/h8-9,11-13,20H,6-7H2,1-5H3,(H,17,21)(H,18,23)(H,19,22)(H,24,25);1H3,(H,3,4)/t11-,12-,13-;/m0./s1. The molecule has 0 spiro atoms. The molecule has 0 aliphatic carbocycles. The van der Waals surface area contributed by atoms with Crippen molar-refractivity contribution in [2.75, 3.05) is 6.61 Å². The Hall–Kier alpha value is -2.69. The zero-order chi connectivity index (χ0) is 23.3. The molecule has 0 aromatic carbocycles. The number of aliphatic hydroxyl groups is 1. The molecule has 0 rings (SSSR count). The molecule has 0 aromatic heterocycles. The number of aliphatic hydroxyl groups excluding tert-OH is 1. The Balaban J connectivity index is 0. The molecule has 0 saturated heterocycles. The van der Waals surface area contributed by atoms with Crippen molar-refractivity contribution in [1.29, 1.82) is 0 Å². The molecular weight excluding hydrogens is 386 g/mol. The van der Waals surface area contributed by atoms with E-state index in [1.54, 1.807) is 13.8 Å². The fraction of sp³-hybridized carbons (Fsp3) is 0.722. The van der Waals surface area contributed by atoms with E-state index in [0.717, 1.165) is 6.92 Å². The van der Waals surface area contributed by atoms with Crippen molar-refractivity contribution in [2.45, 2.75) is 66.1 Å². The van der Waals surface area contributed by atoms with Crippen molar-refractivity contribution in [3.05, 3.63) is 0 Å². The van der Waals surface area contributed by atoms with Crippen molar-refractivity contribution < 1.29 is 39.3 Å². The average Bonchev–Trinajstić information content (AvgIpc) is 2.54. The minimum atomic E-state index is -1.18. The molecule has 0 fully saturated rings. The zero-order valence-electron chi connectivity index (χ0n) is 17.7. The van der Waals surface area contributed by atoms with Crippen LogP contribution in [0.3, 0.4) is 0 Å². The summed E-state index contributed by atoms with van der Waals surface area (Å²) in [5.74, 6) is -4.11. The Morgan fingerprint density at radius 1 is 0.793 bits per heavy atom. The number of rotatable bonds is 10. The minimum Gasteiger partial charge on any atom is -0.481 e. The van der Waals surface area contributed by atoms with Gasteiger partial charge < -0.3 is 31.3 Å². The highest BCUT2D eigenvalue weighted by Gasteiger charge is 2.30. The highest BCUT2D eigenvalue weighted by molar-refractivity contribution is 5.93. The number of aliphatic carboxylic acids is 2. The maximum Gasteiger partial charge on any atom is 0.326 e. The molecule has 0 unspecified atom stereocenters. The van der Waals surface area contributed by atoms with Gasteiger partial charge >= 0.3 is 5.97 Å². The second-order valence-electron chi connectivity index (χ2n) is 7.21. The van der Waals surface area contributed by atoms with Crippen LogP contribution in [-0.4, -0.2) is 69.7 Å². The van der Waals surface area contributed by atoms with Crippen LogP contribution in [0.2, 0.25) is 0 Å². The zero-order valence-corrected chi connectivity index (χ0v) is 17.7. The van der Waals surface area contributed by atoms with Gasteiger partial charge in [0.15, 0.2) is 0 Å². The van der Waals surface area contributed by atoms with Crippen LogP contribution in [0.5, 0.6) is 0 Å². The molecule has 11 nitrogen and oxygen atoms in total. The third-order valence-corrected chi connectivity index (χ3v) is 3.45. The third-order valence-electron chi connectivity index (χ3n) is 3.45. The lowest BCUT2D eigenvalue weighted by Crippen LogP contribution is -2.57. The van der Waals surface area contributed by atoms with Gasteiger partial charge in [0, 0.05) is 13.8 Å². The largest absolute Gasteiger partial charge is 0.481 e. The second kappa shape index (κ2) is 14.3. The predicted octanol–water partition coefficient (Wildman–Crippen LogP) is -0.669. The van der Waals surface area contributed by atoms with E-state index in [1.807, 2.05) is 13.8 Å². The normalized spacial score (nSPS) is 13.4. The fourth-order valence-corrected chi connectivity index (χ4v) is 2.18. The molecule has 0 aromatic rings. The van der Waals surface area contributed by atoms with Crippen LogP contribution in [0.15, 0.2) is 0 Å². The molecule has 3 amide bonds. The van der Waals surface area contributed by atoms with Crippen LogP contribution in [-0.2, 0) is 24.0 Å². The minimum absolute atomic E-state index is 0.0479. The predicted molar refractivity (Wildman–Crippen MR) is 104 cm³/mol. The van der Waals surface area contributed by atoms with Gasteiger partial charge in [-0.15, -0.1) is 0 Å². The van der Waals surface area contributed by atoms with Gasteiger partial charge in [-0.2, -0.15) is 0 Å². The third kappa shape index (κ3) is 14.0. The summed E-state index contributed by atoms with van der Waals surface area (Å²) in [5.41, 5.74) is 0. The summed E-state index contributed by atoms with van der Waals surface area (Å²) < 4.78 is 0. The van der Waals surface area contributed by atoms with E-state index in [-0.39, 0.29) is 18.3 Å². The van der Waals surface area contributed by atoms with Crippen molar-refractivity contribution in [2.24, 2.45) is 11.8 Å². The molecule has 168 valence electrons. The molecule has 6 N–H and O–H groups in total. The van der Waals surface area contributed by atoms with E-state index in [9.17, 15) is 29.4 Å². The maximum absolute atomic E-state index is 12.4. The van der Waals surface area contributed by atoms with E-state index >= 15 is 0 Å². The van der Waals surface area contributed by atoms with Crippen LogP contribution < -0.4 is 16.0 Å². The van der Waals surface area contributed by atoms with E-state index in [2.05, 4.69) is 16.0 Å². The number of carboxylic acid groups (broad SMARTS) is 2. The highest BCUT2D eigenvalue weighted by atomic mass is 16.4. The van der Waals surface area contributed by atoms with Gasteiger partial charge in [-0.05, 0) is 18.3 Å². The molecule has 11 heteroatoms. The molecular formula is C18H33N3O8. The molecule has 3 atom stereocenters. The number of carbonyl (C=O) groups excluding carboxylic acids is 3. The van der Waals surface area contributed by atoms with Gasteiger partial charge in [-0.3, -0.25) is 19.2 Å². The molecule has 29 heavy (non-hydrogen) atoms. The number of carbonyl (C=O) groups is 5. The number of amides is 3. The summed E-state index contributed by atoms with van der Waals surface area (Å²) in [4.78, 5) is 55.9. The quantitative estimate of drug-likeness (QED) is 0.269. The van der Waals surface area contributed by atoms with Gasteiger partial charge in [-0.25, -0.2) is 4.79 Å². The highest BCUT2D eigenvalue weighted by Crippen LogP contribution is 2.08. The summed E-state index contributed by atoms with van der Waals surface area (Å²) >= 11 is 0. The first-order chi connectivity index (χ1) is 13.2. The SMILES string of the molecule is CC(=O)N[C@@H](CO)C(=O)N[C@@H](CC(C)C)C(=O)N[C@H](C(=O)O)C(C)C.CC(=O)O. The summed E-state index contributed by atoms with van der Waals surface area (Å²) in [6, 6.07) is -3.24. The number of hydrogen-bond donors (Lipinski definition) is 6. The first kappa shape index (κ1) is 28.5. The van der Waals surface area contributed by atoms with Crippen molar-refractivity contribution >= 4 is 29.7 Å².